The number of ether oxygens (including phenoxy) is 1. The Balaban J connectivity index is 1.48. The van der Waals surface area contributed by atoms with E-state index in [1.165, 1.54) is 7.11 Å². The van der Waals surface area contributed by atoms with Gasteiger partial charge in [-0.3, -0.25) is 14.4 Å². The van der Waals surface area contributed by atoms with E-state index >= 15 is 0 Å². The van der Waals surface area contributed by atoms with Crippen LogP contribution in [0.1, 0.15) is 27.6 Å². The summed E-state index contributed by atoms with van der Waals surface area (Å²) < 4.78 is 5.11. The van der Waals surface area contributed by atoms with Gasteiger partial charge in [-0.25, -0.2) is 0 Å². The molecule has 0 aromatic heterocycles. The van der Waals surface area contributed by atoms with Crippen LogP contribution >= 0.6 is 0 Å². The third kappa shape index (κ3) is 5.13. The van der Waals surface area contributed by atoms with Gasteiger partial charge in [0.25, 0.3) is 5.91 Å². The first-order valence-electron chi connectivity index (χ1n) is 9.54. The van der Waals surface area contributed by atoms with Crippen LogP contribution in [0.4, 0.5) is 5.69 Å². The van der Waals surface area contributed by atoms with Gasteiger partial charge in [-0.05, 0) is 49.4 Å². The standard InChI is InChI=1S/C22H25N3O4/c1-16(26)17-6-8-19(9-7-17)24-10-12-25(13-11-24)21(27)15-23-22(28)18-4-3-5-20(14-18)29-2/h3-9,14H,10-13,15H2,1-2H3,(H,23,28). The summed E-state index contributed by atoms with van der Waals surface area (Å²) in [6.45, 7) is 4.09. The Morgan fingerprint density at radius 3 is 2.28 bits per heavy atom. The zero-order valence-corrected chi connectivity index (χ0v) is 16.7. The zero-order chi connectivity index (χ0) is 20.8. The van der Waals surface area contributed by atoms with Crippen molar-refractivity contribution in [1.29, 1.82) is 0 Å². The molecule has 0 aliphatic carbocycles. The van der Waals surface area contributed by atoms with E-state index in [0.717, 1.165) is 5.69 Å². The second-order valence-corrected chi connectivity index (χ2v) is 6.89. The molecule has 29 heavy (non-hydrogen) atoms. The molecule has 0 spiro atoms. The molecule has 1 heterocycles. The van der Waals surface area contributed by atoms with Crippen molar-refractivity contribution in [2.75, 3.05) is 44.7 Å². The Bertz CT molecular complexity index is 887. The molecule has 152 valence electrons. The van der Waals surface area contributed by atoms with E-state index < -0.39 is 0 Å². The van der Waals surface area contributed by atoms with Crippen LogP contribution in [-0.2, 0) is 4.79 Å². The molecule has 3 rings (SSSR count). The molecule has 1 N–H and O–H groups in total. The molecule has 7 nitrogen and oxygen atoms in total. The van der Waals surface area contributed by atoms with Crippen LogP contribution in [0.5, 0.6) is 5.75 Å². The first-order chi connectivity index (χ1) is 14.0. The van der Waals surface area contributed by atoms with E-state index in [0.29, 0.717) is 43.1 Å². The number of benzene rings is 2. The molecule has 0 unspecified atom stereocenters. The Labute approximate surface area is 170 Å². The van der Waals surface area contributed by atoms with Crippen LogP contribution in [0.15, 0.2) is 48.5 Å². The average molecular weight is 395 g/mol. The van der Waals surface area contributed by atoms with Gasteiger partial charge < -0.3 is 19.9 Å². The van der Waals surface area contributed by atoms with Crippen molar-refractivity contribution < 1.29 is 19.1 Å². The number of rotatable bonds is 6. The van der Waals surface area contributed by atoms with Crippen molar-refractivity contribution >= 4 is 23.3 Å². The van der Waals surface area contributed by atoms with E-state index in [-0.39, 0.29) is 24.1 Å². The molecule has 1 aliphatic rings. The highest BCUT2D eigenvalue weighted by Crippen LogP contribution is 2.18. The number of amides is 2. The summed E-state index contributed by atoms with van der Waals surface area (Å²) in [6.07, 6.45) is 0. The van der Waals surface area contributed by atoms with E-state index in [9.17, 15) is 14.4 Å². The summed E-state index contributed by atoms with van der Waals surface area (Å²) in [6, 6.07) is 14.3. The number of Topliss-reactive ketones (excluding diaryl/α,β-unsaturated/α-hetero) is 1. The predicted molar refractivity (Wildman–Crippen MR) is 111 cm³/mol. The van der Waals surface area contributed by atoms with Crippen LogP contribution in [0.3, 0.4) is 0 Å². The van der Waals surface area contributed by atoms with E-state index in [4.69, 9.17) is 4.74 Å². The van der Waals surface area contributed by atoms with Gasteiger partial charge in [0.1, 0.15) is 5.75 Å². The zero-order valence-electron chi connectivity index (χ0n) is 16.7. The molecule has 0 atom stereocenters. The molecule has 0 radical (unpaired) electrons. The summed E-state index contributed by atoms with van der Waals surface area (Å²) in [5.41, 5.74) is 2.18. The van der Waals surface area contributed by atoms with Crippen molar-refractivity contribution in [3.63, 3.8) is 0 Å². The Hall–Kier alpha value is -3.35. The van der Waals surface area contributed by atoms with Crippen molar-refractivity contribution in [3.05, 3.63) is 59.7 Å². The summed E-state index contributed by atoms with van der Waals surface area (Å²) in [5, 5.41) is 2.68. The van der Waals surface area contributed by atoms with Gasteiger partial charge in [0.05, 0.1) is 13.7 Å². The lowest BCUT2D eigenvalue weighted by Gasteiger charge is -2.36. The van der Waals surface area contributed by atoms with Gasteiger partial charge in [-0.2, -0.15) is 0 Å². The molecule has 7 heteroatoms. The van der Waals surface area contributed by atoms with Crippen LogP contribution in [-0.4, -0.2) is 62.3 Å². The molecule has 0 saturated carbocycles. The number of methoxy groups -OCH3 is 1. The van der Waals surface area contributed by atoms with Crippen LogP contribution in [0.2, 0.25) is 0 Å². The normalized spacial score (nSPS) is 13.7. The minimum atomic E-state index is -0.304. The summed E-state index contributed by atoms with van der Waals surface area (Å²) in [7, 11) is 1.54. The fraction of sp³-hybridized carbons (Fsp3) is 0.318. The van der Waals surface area contributed by atoms with Crippen LogP contribution < -0.4 is 15.0 Å². The third-order valence-electron chi connectivity index (χ3n) is 5.00. The second kappa shape index (κ2) is 9.23. The van der Waals surface area contributed by atoms with Crippen molar-refractivity contribution in [2.45, 2.75) is 6.92 Å². The number of carbonyl (C=O) groups excluding carboxylic acids is 3. The van der Waals surface area contributed by atoms with Gasteiger partial charge >= 0.3 is 0 Å². The molecule has 1 aliphatic heterocycles. The molecular weight excluding hydrogens is 370 g/mol. The predicted octanol–water partition coefficient (Wildman–Crippen LogP) is 1.98. The minimum Gasteiger partial charge on any atom is -0.497 e. The van der Waals surface area contributed by atoms with E-state index in [2.05, 4.69) is 10.2 Å². The Morgan fingerprint density at radius 2 is 1.66 bits per heavy atom. The van der Waals surface area contributed by atoms with Gasteiger partial charge in [0.2, 0.25) is 5.91 Å². The quantitative estimate of drug-likeness (QED) is 0.757. The van der Waals surface area contributed by atoms with Gasteiger partial charge in [0.15, 0.2) is 5.78 Å². The number of nitrogens with one attached hydrogen (secondary N) is 1. The number of nitrogens with zero attached hydrogens (tertiary/aromatic N) is 2. The van der Waals surface area contributed by atoms with Gasteiger partial charge in [-0.15, -0.1) is 0 Å². The Kier molecular flexibility index (Phi) is 6.49. The van der Waals surface area contributed by atoms with Crippen molar-refractivity contribution in [3.8, 4) is 5.75 Å². The third-order valence-corrected chi connectivity index (χ3v) is 5.00. The summed E-state index contributed by atoms with van der Waals surface area (Å²) >= 11 is 0. The van der Waals surface area contributed by atoms with Crippen molar-refractivity contribution in [2.24, 2.45) is 0 Å². The molecule has 2 amide bonds. The molecule has 0 bridgehead atoms. The minimum absolute atomic E-state index is 0.0383. The first kappa shape index (κ1) is 20.4. The highest BCUT2D eigenvalue weighted by Gasteiger charge is 2.22. The van der Waals surface area contributed by atoms with E-state index in [1.54, 1.807) is 36.1 Å². The number of hydrogen-bond donors (Lipinski definition) is 1. The number of anilines is 1. The second-order valence-electron chi connectivity index (χ2n) is 6.89. The lowest BCUT2D eigenvalue weighted by molar-refractivity contribution is -0.130. The summed E-state index contributed by atoms with van der Waals surface area (Å²) in [5.74, 6) is 0.230. The fourth-order valence-corrected chi connectivity index (χ4v) is 3.26. The van der Waals surface area contributed by atoms with Crippen LogP contribution in [0, 0.1) is 0 Å². The number of carbonyl (C=O) groups is 3. The van der Waals surface area contributed by atoms with Crippen LogP contribution in [0.25, 0.3) is 0 Å². The summed E-state index contributed by atoms with van der Waals surface area (Å²) in [4.78, 5) is 40.0. The SMILES string of the molecule is COc1cccc(C(=O)NCC(=O)N2CCN(c3ccc(C(C)=O)cc3)CC2)c1. The Morgan fingerprint density at radius 1 is 0.966 bits per heavy atom. The largest absolute Gasteiger partial charge is 0.497 e. The lowest BCUT2D eigenvalue weighted by Crippen LogP contribution is -2.51. The maximum atomic E-state index is 12.5. The monoisotopic (exact) mass is 395 g/mol. The number of piperazine rings is 1. The number of hydrogen-bond acceptors (Lipinski definition) is 5. The highest BCUT2D eigenvalue weighted by molar-refractivity contribution is 5.97. The molecule has 1 fully saturated rings. The molecule has 2 aromatic rings. The van der Waals surface area contributed by atoms with E-state index in [1.807, 2.05) is 24.3 Å². The molecule has 2 aromatic carbocycles. The average Bonchev–Trinajstić information content (AvgIpc) is 2.77. The number of ketones is 1. The topological polar surface area (TPSA) is 79.0 Å². The lowest BCUT2D eigenvalue weighted by atomic mass is 10.1. The molecular formula is C22H25N3O4. The first-order valence-corrected chi connectivity index (χ1v) is 9.54. The van der Waals surface area contributed by atoms with Gasteiger partial charge in [0, 0.05) is 43.0 Å². The maximum Gasteiger partial charge on any atom is 0.251 e. The smallest absolute Gasteiger partial charge is 0.251 e. The maximum absolute atomic E-state index is 12.5. The molecule has 1 saturated heterocycles. The fourth-order valence-electron chi connectivity index (χ4n) is 3.26. The van der Waals surface area contributed by atoms with Gasteiger partial charge in [-0.1, -0.05) is 6.07 Å². The highest BCUT2D eigenvalue weighted by atomic mass is 16.5. The van der Waals surface area contributed by atoms with Crippen molar-refractivity contribution in [1.82, 2.24) is 10.2 Å².